The summed E-state index contributed by atoms with van der Waals surface area (Å²) in [4.78, 5) is 14.8. The number of hydrogen-bond donors (Lipinski definition) is 0. The number of benzene rings is 1. The first-order valence-corrected chi connectivity index (χ1v) is 8.46. The van der Waals surface area contributed by atoms with Gasteiger partial charge in [-0.3, -0.25) is 9.48 Å². The van der Waals surface area contributed by atoms with Gasteiger partial charge in [0.25, 0.3) is 0 Å². The Morgan fingerprint density at radius 2 is 2.09 bits per heavy atom. The number of nitrogens with zero attached hydrogens (tertiary/aromatic N) is 3. The topological polar surface area (TPSA) is 38.1 Å². The van der Waals surface area contributed by atoms with Gasteiger partial charge in [-0.2, -0.15) is 5.10 Å². The van der Waals surface area contributed by atoms with E-state index in [4.69, 9.17) is 0 Å². The molecule has 0 N–H and O–H groups in total. The Labute approximate surface area is 138 Å². The van der Waals surface area contributed by atoms with Gasteiger partial charge < -0.3 is 4.90 Å². The number of aryl methyl sites for hydroxylation is 2. The second-order valence-corrected chi connectivity index (χ2v) is 6.62. The van der Waals surface area contributed by atoms with Crippen LogP contribution in [0.4, 0.5) is 0 Å². The number of rotatable bonds is 7. The standard InChI is InChI=1S/C19H25N3O/c1-15-12-20-21(13-15)11-10-19(23)22(16(2)18-8-9-18)14-17-6-4-3-5-7-17/h3-7,12-13,16,18H,8-11,14H2,1-2H3. The molecular weight excluding hydrogens is 286 g/mol. The van der Waals surface area contributed by atoms with Crippen molar-refractivity contribution in [2.45, 2.75) is 52.2 Å². The summed E-state index contributed by atoms with van der Waals surface area (Å²) in [5.74, 6) is 0.899. The SMILES string of the molecule is Cc1cnn(CCC(=O)N(Cc2ccccc2)C(C)C2CC2)c1. The number of hydrogen-bond acceptors (Lipinski definition) is 2. The van der Waals surface area contributed by atoms with Crippen molar-refractivity contribution in [3.05, 3.63) is 53.9 Å². The molecule has 1 saturated carbocycles. The summed E-state index contributed by atoms with van der Waals surface area (Å²) in [5, 5.41) is 4.27. The van der Waals surface area contributed by atoms with E-state index in [0.29, 0.717) is 31.5 Å². The van der Waals surface area contributed by atoms with E-state index in [1.807, 2.05) is 42.2 Å². The third-order valence-corrected chi connectivity index (χ3v) is 4.63. The van der Waals surface area contributed by atoms with Gasteiger partial charge >= 0.3 is 0 Å². The zero-order chi connectivity index (χ0) is 16.2. The molecular formula is C19H25N3O. The molecule has 1 atom stereocenters. The predicted molar refractivity (Wildman–Crippen MR) is 90.8 cm³/mol. The van der Waals surface area contributed by atoms with Crippen LogP contribution in [-0.4, -0.2) is 26.6 Å². The molecule has 23 heavy (non-hydrogen) atoms. The summed E-state index contributed by atoms with van der Waals surface area (Å²) in [7, 11) is 0. The zero-order valence-electron chi connectivity index (χ0n) is 14.0. The molecule has 4 nitrogen and oxygen atoms in total. The van der Waals surface area contributed by atoms with Gasteiger partial charge in [0.05, 0.1) is 6.20 Å². The molecule has 1 amide bonds. The minimum Gasteiger partial charge on any atom is -0.335 e. The van der Waals surface area contributed by atoms with E-state index in [-0.39, 0.29) is 5.91 Å². The van der Waals surface area contributed by atoms with Crippen LogP contribution in [0.3, 0.4) is 0 Å². The lowest BCUT2D eigenvalue weighted by Crippen LogP contribution is -2.39. The fourth-order valence-corrected chi connectivity index (χ4v) is 3.02. The Morgan fingerprint density at radius 1 is 1.35 bits per heavy atom. The van der Waals surface area contributed by atoms with Crippen LogP contribution in [0.25, 0.3) is 0 Å². The van der Waals surface area contributed by atoms with Gasteiger partial charge in [-0.15, -0.1) is 0 Å². The Bertz CT molecular complexity index is 646. The minimum absolute atomic E-state index is 0.224. The van der Waals surface area contributed by atoms with Crippen molar-refractivity contribution >= 4 is 5.91 Å². The summed E-state index contributed by atoms with van der Waals surface area (Å²) in [5.41, 5.74) is 2.33. The fraction of sp³-hybridized carbons (Fsp3) is 0.474. The normalized spacial score (nSPS) is 15.4. The second kappa shape index (κ2) is 6.99. The van der Waals surface area contributed by atoms with Crippen molar-refractivity contribution in [2.75, 3.05) is 0 Å². The molecule has 0 aliphatic heterocycles. The lowest BCUT2D eigenvalue weighted by atomic mass is 10.1. The Kier molecular flexibility index (Phi) is 4.79. The number of carbonyl (C=O) groups is 1. The van der Waals surface area contributed by atoms with Crippen molar-refractivity contribution in [1.29, 1.82) is 0 Å². The molecule has 122 valence electrons. The Morgan fingerprint density at radius 3 is 2.70 bits per heavy atom. The minimum atomic E-state index is 0.224. The maximum absolute atomic E-state index is 12.8. The first kappa shape index (κ1) is 15.8. The van der Waals surface area contributed by atoms with Crippen LogP contribution in [0.1, 0.15) is 37.3 Å². The van der Waals surface area contributed by atoms with Gasteiger partial charge in [0.15, 0.2) is 0 Å². The number of amides is 1. The molecule has 3 rings (SSSR count). The third-order valence-electron chi connectivity index (χ3n) is 4.63. The Balaban J connectivity index is 1.65. The number of aromatic nitrogens is 2. The van der Waals surface area contributed by atoms with Gasteiger partial charge in [-0.1, -0.05) is 30.3 Å². The van der Waals surface area contributed by atoms with Crippen LogP contribution in [0.5, 0.6) is 0 Å². The van der Waals surface area contributed by atoms with Crippen molar-refractivity contribution < 1.29 is 4.79 Å². The number of carbonyl (C=O) groups excluding carboxylic acids is 1. The van der Waals surface area contributed by atoms with Gasteiger partial charge in [0, 0.05) is 31.7 Å². The van der Waals surface area contributed by atoms with Crippen LogP contribution < -0.4 is 0 Å². The average molecular weight is 311 g/mol. The highest BCUT2D eigenvalue weighted by Crippen LogP contribution is 2.35. The quantitative estimate of drug-likeness (QED) is 0.786. The van der Waals surface area contributed by atoms with Crippen molar-refractivity contribution in [2.24, 2.45) is 5.92 Å². The van der Waals surface area contributed by atoms with Crippen LogP contribution >= 0.6 is 0 Å². The molecule has 0 bridgehead atoms. The maximum Gasteiger partial charge on any atom is 0.224 e. The van der Waals surface area contributed by atoms with Gasteiger partial charge in [-0.05, 0) is 43.7 Å². The first-order valence-electron chi connectivity index (χ1n) is 8.46. The molecule has 0 spiro atoms. The second-order valence-electron chi connectivity index (χ2n) is 6.62. The predicted octanol–water partition coefficient (Wildman–Crippen LogP) is 3.41. The van der Waals surface area contributed by atoms with Crippen LogP contribution in [-0.2, 0) is 17.9 Å². The lowest BCUT2D eigenvalue weighted by Gasteiger charge is -2.30. The van der Waals surface area contributed by atoms with Crippen molar-refractivity contribution in [3.8, 4) is 0 Å². The molecule has 1 heterocycles. The third kappa shape index (κ3) is 4.21. The first-order chi connectivity index (χ1) is 11.1. The molecule has 1 unspecified atom stereocenters. The van der Waals surface area contributed by atoms with E-state index in [1.54, 1.807) is 0 Å². The van der Waals surface area contributed by atoms with Crippen molar-refractivity contribution in [3.63, 3.8) is 0 Å². The molecule has 1 aliphatic rings. The van der Waals surface area contributed by atoms with Crippen LogP contribution in [0, 0.1) is 12.8 Å². The maximum atomic E-state index is 12.8. The van der Waals surface area contributed by atoms with Gasteiger partial charge in [0.1, 0.15) is 0 Å². The highest BCUT2D eigenvalue weighted by molar-refractivity contribution is 5.76. The molecule has 1 aromatic carbocycles. The highest BCUT2D eigenvalue weighted by atomic mass is 16.2. The monoisotopic (exact) mass is 311 g/mol. The summed E-state index contributed by atoms with van der Waals surface area (Å²) < 4.78 is 1.86. The largest absolute Gasteiger partial charge is 0.335 e. The molecule has 1 fully saturated rings. The van der Waals surface area contributed by atoms with Crippen LogP contribution in [0.2, 0.25) is 0 Å². The highest BCUT2D eigenvalue weighted by Gasteiger charge is 2.34. The van der Waals surface area contributed by atoms with E-state index in [2.05, 4.69) is 29.1 Å². The van der Waals surface area contributed by atoms with E-state index in [9.17, 15) is 4.79 Å². The van der Waals surface area contributed by atoms with Gasteiger partial charge in [-0.25, -0.2) is 0 Å². The molecule has 1 aliphatic carbocycles. The van der Waals surface area contributed by atoms with E-state index in [0.717, 1.165) is 5.56 Å². The van der Waals surface area contributed by atoms with E-state index >= 15 is 0 Å². The van der Waals surface area contributed by atoms with E-state index in [1.165, 1.54) is 18.4 Å². The zero-order valence-corrected chi connectivity index (χ0v) is 14.0. The van der Waals surface area contributed by atoms with Crippen molar-refractivity contribution in [1.82, 2.24) is 14.7 Å². The summed E-state index contributed by atoms with van der Waals surface area (Å²) in [6.45, 7) is 5.56. The van der Waals surface area contributed by atoms with Gasteiger partial charge in [0.2, 0.25) is 5.91 Å². The average Bonchev–Trinajstić information content (AvgIpc) is 3.33. The molecule has 4 heteroatoms. The summed E-state index contributed by atoms with van der Waals surface area (Å²) in [6.07, 6.45) is 6.82. The van der Waals surface area contributed by atoms with E-state index < -0.39 is 0 Å². The molecule has 1 aromatic heterocycles. The lowest BCUT2D eigenvalue weighted by molar-refractivity contribution is -0.134. The molecule has 0 radical (unpaired) electrons. The summed E-state index contributed by atoms with van der Waals surface area (Å²) >= 11 is 0. The van der Waals surface area contributed by atoms with Crippen LogP contribution in [0.15, 0.2) is 42.7 Å². The Hall–Kier alpha value is -2.10. The molecule has 0 saturated heterocycles. The molecule has 2 aromatic rings. The summed E-state index contributed by atoms with van der Waals surface area (Å²) in [6, 6.07) is 10.6. The smallest absolute Gasteiger partial charge is 0.224 e. The fourth-order valence-electron chi connectivity index (χ4n) is 3.02.